The zero-order valence-corrected chi connectivity index (χ0v) is 19.5. The summed E-state index contributed by atoms with van der Waals surface area (Å²) in [5.74, 6) is -0.337. The maximum atomic E-state index is 12.8. The first-order chi connectivity index (χ1) is 14.9. The molecule has 0 unspecified atom stereocenters. The van der Waals surface area contributed by atoms with Crippen LogP contribution in [0.25, 0.3) is 0 Å². The van der Waals surface area contributed by atoms with Crippen LogP contribution in [0, 0.1) is 20.8 Å². The van der Waals surface area contributed by atoms with Gasteiger partial charge in [0.1, 0.15) is 0 Å². The minimum Gasteiger partial charge on any atom is -0.459 e. The number of hydrogen-bond acceptors (Lipinski definition) is 7. The van der Waals surface area contributed by atoms with Crippen molar-refractivity contribution in [2.75, 3.05) is 10.6 Å². The summed E-state index contributed by atoms with van der Waals surface area (Å²) < 4.78 is 6.09. The Kier molecular flexibility index (Phi) is 6.26. The molecule has 0 bridgehead atoms. The summed E-state index contributed by atoms with van der Waals surface area (Å²) in [5.41, 5.74) is 3.52. The Balaban J connectivity index is 1.44. The van der Waals surface area contributed by atoms with Crippen molar-refractivity contribution < 1.29 is 14.0 Å². The number of carbonyl (C=O) groups is 2. The molecule has 0 radical (unpaired) electrons. The number of rotatable bonds is 6. The number of aromatic nitrogens is 1. The number of furan rings is 1. The standard InChI is InChI=1S/C22H19N3O3S3/c1-12-9-15(30-22-23-14(3)11-29-22)6-7-16(12)24-21(27)19-13(2)10-18(31-19)25-20(26)17-5-4-8-28-17/h4-11H,1-3H3,(H,24,27)(H,25,26). The second-order valence-corrected chi connectivity index (χ2v) is 10.1. The smallest absolute Gasteiger partial charge is 0.291 e. The Morgan fingerprint density at radius 2 is 1.87 bits per heavy atom. The monoisotopic (exact) mass is 469 g/mol. The van der Waals surface area contributed by atoms with Crippen LogP contribution >= 0.6 is 34.4 Å². The number of amides is 2. The van der Waals surface area contributed by atoms with E-state index in [4.69, 9.17) is 4.42 Å². The number of benzene rings is 1. The second kappa shape index (κ2) is 9.09. The molecule has 0 fully saturated rings. The fraction of sp³-hybridized carbons (Fsp3) is 0.136. The van der Waals surface area contributed by atoms with E-state index in [-0.39, 0.29) is 17.6 Å². The van der Waals surface area contributed by atoms with Gasteiger partial charge in [0.15, 0.2) is 10.1 Å². The Morgan fingerprint density at radius 3 is 2.55 bits per heavy atom. The second-order valence-electron chi connectivity index (χ2n) is 6.84. The number of anilines is 2. The van der Waals surface area contributed by atoms with Crippen molar-refractivity contribution in [3.63, 3.8) is 0 Å². The van der Waals surface area contributed by atoms with Gasteiger partial charge < -0.3 is 15.1 Å². The van der Waals surface area contributed by atoms with E-state index < -0.39 is 0 Å². The summed E-state index contributed by atoms with van der Waals surface area (Å²) in [4.78, 5) is 31.1. The lowest BCUT2D eigenvalue weighted by Gasteiger charge is -2.09. The molecule has 0 spiro atoms. The summed E-state index contributed by atoms with van der Waals surface area (Å²) in [5, 5.41) is 8.36. The molecule has 4 aromatic rings. The number of nitrogens with one attached hydrogen (secondary N) is 2. The molecule has 4 rings (SSSR count). The molecule has 0 aliphatic carbocycles. The number of thiophene rings is 1. The van der Waals surface area contributed by atoms with Crippen molar-refractivity contribution in [3.05, 3.63) is 75.5 Å². The van der Waals surface area contributed by atoms with Crippen LogP contribution in [0.1, 0.15) is 37.0 Å². The fourth-order valence-electron chi connectivity index (χ4n) is 2.85. The lowest BCUT2D eigenvalue weighted by Crippen LogP contribution is -2.12. The van der Waals surface area contributed by atoms with Crippen molar-refractivity contribution in [1.82, 2.24) is 4.98 Å². The van der Waals surface area contributed by atoms with E-state index in [1.54, 1.807) is 41.3 Å². The minimum absolute atomic E-state index is 0.208. The maximum Gasteiger partial charge on any atom is 0.291 e. The average Bonchev–Trinajstić information content (AvgIpc) is 3.46. The van der Waals surface area contributed by atoms with Crippen LogP contribution in [0.15, 0.2) is 61.7 Å². The quantitative estimate of drug-likeness (QED) is 0.342. The van der Waals surface area contributed by atoms with Gasteiger partial charge in [0, 0.05) is 21.7 Å². The molecule has 0 aliphatic rings. The van der Waals surface area contributed by atoms with Gasteiger partial charge in [-0.15, -0.1) is 22.7 Å². The molecular formula is C22H19N3O3S3. The van der Waals surface area contributed by atoms with Crippen LogP contribution in [0.2, 0.25) is 0 Å². The van der Waals surface area contributed by atoms with Gasteiger partial charge in [0.05, 0.1) is 16.1 Å². The first-order valence-electron chi connectivity index (χ1n) is 9.36. The Labute approximate surface area is 191 Å². The van der Waals surface area contributed by atoms with Gasteiger partial charge in [0.25, 0.3) is 11.8 Å². The average molecular weight is 470 g/mol. The molecule has 0 saturated carbocycles. The molecule has 6 nitrogen and oxygen atoms in total. The Bertz CT molecular complexity index is 1240. The molecule has 158 valence electrons. The van der Waals surface area contributed by atoms with Crippen LogP contribution in [-0.4, -0.2) is 16.8 Å². The third kappa shape index (κ3) is 5.07. The fourth-order valence-corrected chi connectivity index (χ4v) is 5.72. The highest BCUT2D eigenvalue weighted by molar-refractivity contribution is 8.01. The van der Waals surface area contributed by atoms with Crippen LogP contribution in [0.4, 0.5) is 10.7 Å². The normalized spacial score (nSPS) is 10.8. The first-order valence-corrected chi connectivity index (χ1v) is 11.9. The summed E-state index contributed by atoms with van der Waals surface area (Å²) in [6.45, 7) is 5.78. The van der Waals surface area contributed by atoms with E-state index in [1.165, 1.54) is 17.6 Å². The molecular weight excluding hydrogens is 450 g/mol. The number of aryl methyl sites for hydroxylation is 3. The van der Waals surface area contributed by atoms with E-state index in [0.29, 0.717) is 9.88 Å². The topological polar surface area (TPSA) is 84.2 Å². The highest BCUT2D eigenvalue weighted by Crippen LogP contribution is 2.33. The number of thiazole rings is 1. The van der Waals surface area contributed by atoms with Gasteiger partial charge in [-0.05, 0) is 68.3 Å². The first kappa shape index (κ1) is 21.4. The molecule has 31 heavy (non-hydrogen) atoms. The molecule has 3 heterocycles. The summed E-state index contributed by atoms with van der Waals surface area (Å²) in [7, 11) is 0. The van der Waals surface area contributed by atoms with Gasteiger partial charge in [-0.25, -0.2) is 4.98 Å². The Hall–Kier alpha value is -2.88. The zero-order chi connectivity index (χ0) is 22.0. The summed E-state index contributed by atoms with van der Waals surface area (Å²) in [6, 6.07) is 10.9. The highest BCUT2D eigenvalue weighted by Gasteiger charge is 2.17. The van der Waals surface area contributed by atoms with E-state index in [2.05, 4.69) is 15.6 Å². The molecule has 3 aromatic heterocycles. The van der Waals surface area contributed by atoms with Crippen LogP contribution in [0.3, 0.4) is 0 Å². The van der Waals surface area contributed by atoms with E-state index >= 15 is 0 Å². The van der Waals surface area contributed by atoms with Gasteiger partial charge in [-0.3, -0.25) is 9.59 Å². The molecule has 2 amide bonds. The van der Waals surface area contributed by atoms with E-state index in [0.717, 1.165) is 31.7 Å². The van der Waals surface area contributed by atoms with E-state index in [1.807, 2.05) is 44.4 Å². The van der Waals surface area contributed by atoms with Crippen molar-refractivity contribution in [2.45, 2.75) is 30.0 Å². The van der Waals surface area contributed by atoms with Gasteiger partial charge in [0.2, 0.25) is 0 Å². The largest absolute Gasteiger partial charge is 0.459 e. The van der Waals surface area contributed by atoms with Crippen molar-refractivity contribution >= 4 is 56.9 Å². The summed E-state index contributed by atoms with van der Waals surface area (Å²) >= 11 is 4.45. The number of nitrogens with zero attached hydrogens (tertiary/aromatic N) is 1. The molecule has 2 N–H and O–H groups in total. The summed E-state index contributed by atoms with van der Waals surface area (Å²) in [6.07, 6.45) is 1.44. The molecule has 9 heteroatoms. The number of hydrogen-bond donors (Lipinski definition) is 2. The van der Waals surface area contributed by atoms with Crippen molar-refractivity contribution in [3.8, 4) is 0 Å². The zero-order valence-electron chi connectivity index (χ0n) is 17.0. The van der Waals surface area contributed by atoms with Gasteiger partial charge in [-0.1, -0.05) is 11.8 Å². The minimum atomic E-state index is -0.349. The molecule has 1 aromatic carbocycles. The third-order valence-electron chi connectivity index (χ3n) is 4.35. The highest BCUT2D eigenvalue weighted by atomic mass is 32.2. The van der Waals surface area contributed by atoms with Crippen molar-refractivity contribution in [1.29, 1.82) is 0 Å². The van der Waals surface area contributed by atoms with Crippen LogP contribution < -0.4 is 10.6 Å². The molecule has 0 aliphatic heterocycles. The maximum absolute atomic E-state index is 12.8. The van der Waals surface area contributed by atoms with Crippen LogP contribution in [-0.2, 0) is 0 Å². The van der Waals surface area contributed by atoms with Crippen LogP contribution in [0.5, 0.6) is 0 Å². The predicted octanol–water partition coefficient (Wildman–Crippen LogP) is 6.38. The SMILES string of the molecule is Cc1csc(Sc2ccc(NC(=O)c3sc(NC(=O)c4ccco4)cc3C)c(C)c2)n1. The predicted molar refractivity (Wildman–Crippen MR) is 126 cm³/mol. The third-order valence-corrected chi connectivity index (χ3v) is 7.55. The number of carbonyl (C=O) groups excluding carboxylic acids is 2. The lowest BCUT2D eigenvalue weighted by molar-refractivity contribution is 0.0995. The lowest BCUT2D eigenvalue weighted by atomic mass is 10.2. The van der Waals surface area contributed by atoms with Gasteiger partial charge >= 0.3 is 0 Å². The molecule has 0 saturated heterocycles. The molecule has 0 atom stereocenters. The Morgan fingerprint density at radius 1 is 1.03 bits per heavy atom. The van der Waals surface area contributed by atoms with E-state index in [9.17, 15) is 9.59 Å². The van der Waals surface area contributed by atoms with Gasteiger partial charge in [-0.2, -0.15) is 0 Å². The van der Waals surface area contributed by atoms with Crippen molar-refractivity contribution in [2.24, 2.45) is 0 Å².